The van der Waals surface area contributed by atoms with Crippen molar-refractivity contribution < 1.29 is 0 Å². The second kappa shape index (κ2) is 2.12. The molecule has 7 heavy (non-hydrogen) atoms. The van der Waals surface area contributed by atoms with Crippen molar-refractivity contribution in [2.75, 3.05) is 0 Å². The van der Waals surface area contributed by atoms with E-state index in [-0.39, 0.29) is 5.54 Å². The zero-order chi connectivity index (χ0) is 5.91. The van der Waals surface area contributed by atoms with E-state index in [2.05, 4.69) is 6.58 Å². The van der Waals surface area contributed by atoms with Crippen LogP contribution in [-0.2, 0) is 0 Å². The molecule has 1 nitrogen and oxygen atoms in total. The summed E-state index contributed by atoms with van der Waals surface area (Å²) in [5.41, 5.74) is 5.33. The van der Waals surface area contributed by atoms with Crippen LogP contribution < -0.4 is 5.73 Å². The molecule has 0 aliphatic carbocycles. The second-order valence-electron chi connectivity index (χ2n) is 2.22. The fraction of sp³-hybridized carbons (Fsp3) is 0.500. The molecule has 0 aliphatic heterocycles. The summed E-state index contributed by atoms with van der Waals surface area (Å²) < 4.78 is 0. The normalized spacial score (nSPS) is 11.3. The standard InChI is InChI=1S/C6H12N/c1-4-5-6(2,3)7/h4-5H,1,7H2,2-3H3. The molecule has 0 unspecified atom stereocenters. The van der Waals surface area contributed by atoms with Gasteiger partial charge in [0.05, 0.1) is 0 Å². The maximum atomic E-state index is 5.52. The molecule has 0 aliphatic rings. The molecule has 0 aromatic heterocycles. The minimum atomic E-state index is -0.193. The molecular formula is C6H12N. The third-order valence-corrected chi connectivity index (χ3v) is 0.547. The van der Waals surface area contributed by atoms with Crippen LogP contribution >= 0.6 is 0 Å². The van der Waals surface area contributed by atoms with E-state index >= 15 is 0 Å². The van der Waals surface area contributed by atoms with Gasteiger partial charge in [-0.25, -0.2) is 0 Å². The van der Waals surface area contributed by atoms with Crippen molar-refractivity contribution in [2.45, 2.75) is 19.4 Å². The Morgan fingerprint density at radius 2 is 2.00 bits per heavy atom. The highest BCUT2D eigenvalue weighted by molar-refractivity contribution is 5.01. The van der Waals surface area contributed by atoms with Crippen LogP contribution in [0.5, 0.6) is 0 Å². The first kappa shape index (κ1) is 6.70. The topological polar surface area (TPSA) is 26.0 Å². The van der Waals surface area contributed by atoms with Gasteiger partial charge in [0.2, 0.25) is 0 Å². The lowest BCUT2D eigenvalue weighted by atomic mass is 10.0. The van der Waals surface area contributed by atoms with Gasteiger partial charge in [0.25, 0.3) is 0 Å². The van der Waals surface area contributed by atoms with Gasteiger partial charge in [0, 0.05) is 12.0 Å². The maximum absolute atomic E-state index is 5.52. The Hall–Kier alpha value is -0.300. The van der Waals surface area contributed by atoms with Gasteiger partial charge in [-0.05, 0) is 13.8 Å². The van der Waals surface area contributed by atoms with Crippen LogP contribution in [-0.4, -0.2) is 5.54 Å². The molecule has 0 heterocycles. The maximum Gasteiger partial charge on any atom is 0.0166 e. The SMILES string of the molecule is C=C[CH]C(C)(C)N. The van der Waals surface area contributed by atoms with Crippen molar-refractivity contribution in [3.8, 4) is 0 Å². The first-order valence-corrected chi connectivity index (χ1v) is 2.32. The van der Waals surface area contributed by atoms with E-state index in [9.17, 15) is 0 Å². The zero-order valence-corrected chi connectivity index (χ0v) is 4.94. The molecule has 2 N–H and O–H groups in total. The highest BCUT2D eigenvalue weighted by atomic mass is 14.7. The van der Waals surface area contributed by atoms with Gasteiger partial charge in [0.15, 0.2) is 0 Å². The molecule has 1 heteroatoms. The molecule has 41 valence electrons. The van der Waals surface area contributed by atoms with Crippen molar-refractivity contribution in [3.05, 3.63) is 19.1 Å². The van der Waals surface area contributed by atoms with E-state index in [1.165, 1.54) is 0 Å². The molecule has 1 radical (unpaired) electrons. The predicted octanol–water partition coefficient (Wildman–Crippen LogP) is 1.11. The number of rotatable bonds is 2. The monoisotopic (exact) mass is 98.1 g/mol. The van der Waals surface area contributed by atoms with E-state index in [1.807, 2.05) is 20.3 Å². The second-order valence-corrected chi connectivity index (χ2v) is 2.22. The Kier molecular flexibility index (Phi) is 2.03. The molecule has 0 aromatic rings. The quantitative estimate of drug-likeness (QED) is 0.550. The lowest BCUT2D eigenvalue weighted by Gasteiger charge is -2.13. The molecule has 0 spiro atoms. The van der Waals surface area contributed by atoms with Crippen LogP contribution in [0.4, 0.5) is 0 Å². The molecule has 0 saturated carbocycles. The van der Waals surface area contributed by atoms with E-state index < -0.39 is 0 Å². The fourth-order valence-electron chi connectivity index (χ4n) is 0.304. The first-order chi connectivity index (χ1) is 3.06. The zero-order valence-electron chi connectivity index (χ0n) is 4.94. The minimum absolute atomic E-state index is 0.193. The van der Waals surface area contributed by atoms with Crippen molar-refractivity contribution in [1.29, 1.82) is 0 Å². The van der Waals surface area contributed by atoms with Crippen molar-refractivity contribution in [3.63, 3.8) is 0 Å². The lowest BCUT2D eigenvalue weighted by Crippen LogP contribution is -2.31. The lowest BCUT2D eigenvalue weighted by molar-refractivity contribution is 0.620. The van der Waals surface area contributed by atoms with Crippen LogP contribution in [0, 0.1) is 6.42 Å². The van der Waals surface area contributed by atoms with Crippen LogP contribution in [0.1, 0.15) is 13.8 Å². The van der Waals surface area contributed by atoms with E-state index in [1.54, 1.807) is 6.08 Å². The van der Waals surface area contributed by atoms with Crippen molar-refractivity contribution in [2.24, 2.45) is 5.73 Å². The highest BCUT2D eigenvalue weighted by Crippen LogP contribution is 2.00. The molecule has 0 bridgehead atoms. The summed E-state index contributed by atoms with van der Waals surface area (Å²) in [5, 5.41) is 0. The molecule has 0 fully saturated rings. The van der Waals surface area contributed by atoms with Crippen molar-refractivity contribution >= 4 is 0 Å². The summed E-state index contributed by atoms with van der Waals surface area (Å²) in [6.07, 6.45) is 3.56. The van der Waals surface area contributed by atoms with Crippen LogP contribution in [0.15, 0.2) is 12.7 Å². The molecule has 0 amide bonds. The van der Waals surface area contributed by atoms with Crippen LogP contribution in [0.25, 0.3) is 0 Å². The largest absolute Gasteiger partial charge is 0.325 e. The smallest absolute Gasteiger partial charge is 0.0166 e. The number of hydrogen-bond donors (Lipinski definition) is 1. The summed E-state index contributed by atoms with van der Waals surface area (Å²) in [5.74, 6) is 0. The Morgan fingerprint density at radius 1 is 1.57 bits per heavy atom. The third kappa shape index (κ3) is 5.70. The molecule has 0 saturated heterocycles. The number of nitrogens with two attached hydrogens (primary N) is 1. The van der Waals surface area contributed by atoms with Gasteiger partial charge < -0.3 is 5.73 Å². The van der Waals surface area contributed by atoms with E-state index in [0.29, 0.717) is 0 Å². The van der Waals surface area contributed by atoms with Gasteiger partial charge >= 0.3 is 0 Å². The highest BCUT2D eigenvalue weighted by Gasteiger charge is 2.05. The Balaban J connectivity index is 3.34. The van der Waals surface area contributed by atoms with Gasteiger partial charge in [0.1, 0.15) is 0 Å². The summed E-state index contributed by atoms with van der Waals surface area (Å²) in [6.45, 7) is 7.36. The summed E-state index contributed by atoms with van der Waals surface area (Å²) in [7, 11) is 0. The van der Waals surface area contributed by atoms with E-state index in [0.717, 1.165) is 0 Å². The Morgan fingerprint density at radius 3 is 2.00 bits per heavy atom. The molecule has 0 atom stereocenters. The summed E-state index contributed by atoms with van der Waals surface area (Å²) in [4.78, 5) is 0. The molecular weight excluding hydrogens is 86.1 g/mol. The molecule has 0 aromatic carbocycles. The van der Waals surface area contributed by atoms with Gasteiger partial charge in [-0.3, -0.25) is 0 Å². The number of hydrogen-bond acceptors (Lipinski definition) is 1. The molecule has 0 rings (SSSR count). The van der Waals surface area contributed by atoms with Gasteiger partial charge in [-0.15, -0.1) is 6.58 Å². The first-order valence-electron chi connectivity index (χ1n) is 2.32. The minimum Gasteiger partial charge on any atom is -0.325 e. The fourth-order valence-corrected chi connectivity index (χ4v) is 0.304. The Bertz CT molecular complexity index is 59.1. The average molecular weight is 98.2 g/mol. The van der Waals surface area contributed by atoms with E-state index in [4.69, 9.17) is 5.73 Å². The Labute approximate surface area is 45.2 Å². The van der Waals surface area contributed by atoms with Gasteiger partial charge in [-0.1, -0.05) is 6.08 Å². The van der Waals surface area contributed by atoms with Crippen LogP contribution in [0.2, 0.25) is 0 Å². The van der Waals surface area contributed by atoms with Gasteiger partial charge in [-0.2, -0.15) is 0 Å². The summed E-state index contributed by atoms with van der Waals surface area (Å²) >= 11 is 0. The van der Waals surface area contributed by atoms with Crippen LogP contribution in [0.3, 0.4) is 0 Å². The third-order valence-electron chi connectivity index (χ3n) is 0.547. The van der Waals surface area contributed by atoms with Crippen molar-refractivity contribution in [1.82, 2.24) is 0 Å². The predicted molar refractivity (Wildman–Crippen MR) is 32.8 cm³/mol. The summed E-state index contributed by atoms with van der Waals surface area (Å²) in [6, 6.07) is 0. The average Bonchev–Trinajstić information content (AvgIpc) is 1.30.